The molecule has 2 radical (unpaired) electrons. The number of rotatable bonds is 8. The molecule has 0 aliphatic heterocycles. The van der Waals surface area contributed by atoms with Crippen LogP contribution in [0.5, 0.6) is 0 Å². The standard InChI is InChI=1S/C14H30Ge2/c1-7-15(8-2)11-13(5)14(6)12-16(9-3)10-4/h7-12H2,1-6H3/b14-13-. The average Bonchev–Trinajstić information content (AvgIpc) is 2.32. The molecular formula is C14H30Ge2. The van der Waals surface area contributed by atoms with Crippen LogP contribution in [0.1, 0.15) is 41.5 Å². The molecule has 0 N–H and O–H groups in total. The molecule has 94 valence electrons. The van der Waals surface area contributed by atoms with Gasteiger partial charge in [-0.15, -0.1) is 0 Å². The molecular weight excluding hydrogens is 313 g/mol. The predicted octanol–water partition coefficient (Wildman–Crippen LogP) is 5.39. The van der Waals surface area contributed by atoms with Gasteiger partial charge in [0.1, 0.15) is 0 Å². The van der Waals surface area contributed by atoms with Crippen molar-refractivity contribution in [2.24, 2.45) is 0 Å². The molecule has 0 unspecified atom stereocenters. The zero-order chi connectivity index (χ0) is 12.6. The molecule has 0 atom stereocenters. The SMILES string of the molecule is C[CH2][Ge]([CH2]C)[CH2]/C(C)=C(/C)[CH2][Ge]([CH2]C)[CH2]C. The zero-order valence-electron chi connectivity index (χ0n) is 12.2. The van der Waals surface area contributed by atoms with E-state index in [-0.39, 0.29) is 0 Å². The molecule has 0 heterocycles. The summed E-state index contributed by atoms with van der Waals surface area (Å²) in [6, 6.07) is 0. The van der Waals surface area contributed by atoms with Crippen LogP contribution < -0.4 is 0 Å². The van der Waals surface area contributed by atoms with E-state index in [9.17, 15) is 0 Å². The minimum atomic E-state index is -0.674. The number of allylic oxidation sites excluding steroid dienone is 2. The summed E-state index contributed by atoms with van der Waals surface area (Å²) in [5.74, 6) is 0. The van der Waals surface area contributed by atoms with Crippen LogP contribution in [0, 0.1) is 0 Å². The van der Waals surface area contributed by atoms with E-state index in [2.05, 4.69) is 41.5 Å². The van der Waals surface area contributed by atoms with Crippen LogP contribution in [0.2, 0.25) is 31.5 Å². The Morgan fingerprint density at radius 3 is 1.06 bits per heavy atom. The molecule has 0 spiro atoms. The molecule has 0 rings (SSSR count). The molecule has 16 heavy (non-hydrogen) atoms. The third-order valence-electron chi connectivity index (χ3n) is 3.76. The van der Waals surface area contributed by atoms with Gasteiger partial charge in [-0.25, -0.2) is 0 Å². The fourth-order valence-corrected chi connectivity index (χ4v) is 10.7. The second-order valence-corrected chi connectivity index (χ2v) is 18.5. The predicted molar refractivity (Wildman–Crippen MR) is 81.4 cm³/mol. The first-order valence-electron chi connectivity index (χ1n) is 6.91. The topological polar surface area (TPSA) is 0 Å². The Hall–Kier alpha value is 0.826. The Morgan fingerprint density at radius 2 is 0.875 bits per heavy atom. The average molecular weight is 344 g/mol. The molecule has 0 aromatic heterocycles. The van der Waals surface area contributed by atoms with Crippen molar-refractivity contribution in [3.63, 3.8) is 0 Å². The van der Waals surface area contributed by atoms with Crippen molar-refractivity contribution in [2.75, 3.05) is 0 Å². The zero-order valence-corrected chi connectivity index (χ0v) is 16.4. The molecule has 0 aliphatic rings. The molecule has 0 aromatic rings. The Morgan fingerprint density at radius 1 is 0.625 bits per heavy atom. The maximum atomic E-state index is 2.41. The van der Waals surface area contributed by atoms with Crippen LogP contribution >= 0.6 is 0 Å². The van der Waals surface area contributed by atoms with Crippen LogP contribution in [0.4, 0.5) is 0 Å². The van der Waals surface area contributed by atoms with Gasteiger partial charge < -0.3 is 0 Å². The third kappa shape index (κ3) is 6.53. The van der Waals surface area contributed by atoms with Crippen molar-refractivity contribution in [2.45, 2.75) is 73.1 Å². The summed E-state index contributed by atoms with van der Waals surface area (Å²) in [7, 11) is 0. The Labute approximate surface area is 112 Å². The van der Waals surface area contributed by atoms with Crippen molar-refractivity contribution >= 4 is 28.7 Å². The molecule has 0 aliphatic carbocycles. The molecule has 0 fully saturated rings. The summed E-state index contributed by atoms with van der Waals surface area (Å²) in [6.07, 6.45) is 0. The number of hydrogen-bond donors (Lipinski definition) is 0. The van der Waals surface area contributed by atoms with Gasteiger partial charge in [0.2, 0.25) is 0 Å². The normalized spacial score (nSPS) is 13.5. The van der Waals surface area contributed by atoms with E-state index in [1.165, 1.54) is 31.5 Å². The summed E-state index contributed by atoms with van der Waals surface area (Å²) in [5.41, 5.74) is 3.54. The summed E-state index contributed by atoms with van der Waals surface area (Å²) < 4.78 is 0. The van der Waals surface area contributed by atoms with Gasteiger partial charge in [0.25, 0.3) is 0 Å². The fourth-order valence-electron chi connectivity index (χ4n) is 2.05. The minimum absolute atomic E-state index is 0.674. The first-order valence-corrected chi connectivity index (χ1v) is 15.8. The molecule has 0 saturated heterocycles. The molecule has 0 saturated carbocycles. The Balaban J connectivity index is 4.33. The van der Waals surface area contributed by atoms with Gasteiger partial charge >= 0.3 is 113 Å². The summed E-state index contributed by atoms with van der Waals surface area (Å²) in [6.45, 7) is 14.4. The van der Waals surface area contributed by atoms with Crippen molar-refractivity contribution in [1.82, 2.24) is 0 Å². The van der Waals surface area contributed by atoms with E-state index in [0.29, 0.717) is 0 Å². The van der Waals surface area contributed by atoms with Gasteiger partial charge in [-0.2, -0.15) is 0 Å². The van der Waals surface area contributed by atoms with E-state index >= 15 is 0 Å². The van der Waals surface area contributed by atoms with E-state index in [1.54, 1.807) is 11.1 Å². The van der Waals surface area contributed by atoms with Gasteiger partial charge in [0.05, 0.1) is 0 Å². The first kappa shape index (κ1) is 16.8. The van der Waals surface area contributed by atoms with E-state index < -0.39 is 28.7 Å². The Bertz CT molecular complexity index is 179. The van der Waals surface area contributed by atoms with E-state index in [4.69, 9.17) is 0 Å². The van der Waals surface area contributed by atoms with E-state index in [1.807, 2.05) is 0 Å². The van der Waals surface area contributed by atoms with Crippen LogP contribution in [0.15, 0.2) is 11.1 Å². The quantitative estimate of drug-likeness (QED) is 0.409. The van der Waals surface area contributed by atoms with Crippen molar-refractivity contribution < 1.29 is 0 Å². The first-order chi connectivity index (χ1) is 7.58. The second kappa shape index (κ2) is 9.82. The van der Waals surface area contributed by atoms with Crippen LogP contribution in [0.25, 0.3) is 0 Å². The van der Waals surface area contributed by atoms with Crippen LogP contribution in [-0.4, -0.2) is 28.7 Å². The van der Waals surface area contributed by atoms with Crippen molar-refractivity contribution in [3.8, 4) is 0 Å². The van der Waals surface area contributed by atoms with Gasteiger partial charge in [-0.3, -0.25) is 0 Å². The molecule has 0 nitrogen and oxygen atoms in total. The summed E-state index contributed by atoms with van der Waals surface area (Å²) in [5, 5.41) is 9.05. The summed E-state index contributed by atoms with van der Waals surface area (Å²) in [4.78, 5) is 0. The van der Waals surface area contributed by atoms with Crippen LogP contribution in [-0.2, 0) is 0 Å². The van der Waals surface area contributed by atoms with Crippen molar-refractivity contribution in [3.05, 3.63) is 11.1 Å². The third-order valence-corrected chi connectivity index (χ3v) is 16.5. The van der Waals surface area contributed by atoms with Crippen molar-refractivity contribution in [1.29, 1.82) is 0 Å². The van der Waals surface area contributed by atoms with Gasteiger partial charge in [0.15, 0.2) is 0 Å². The summed E-state index contributed by atoms with van der Waals surface area (Å²) >= 11 is -1.35. The molecule has 0 amide bonds. The monoisotopic (exact) mass is 346 g/mol. The maximum absolute atomic E-state index is 2.41. The Kier molecular flexibility index (Phi) is 10.3. The van der Waals surface area contributed by atoms with Gasteiger partial charge in [-0.05, 0) is 0 Å². The van der Waals surface area contributed by atoms with Gasteiger partial charge in [-0.1, -0.05) is 0 Å². The second-order valence-electron chi connectivity index (χ2n) is 4.83. The fraction of sp³-hybridized carbons (Fsp3) is 0.857. The molecule has 0 bridgehead atoms. The van der Waals surface area contributed by atoms with Gasteiger partial charge in [0, 0.05) is 0 Å². The molecule has 2 heteroatoms. The number of hydrogen-bond acceptors (Lipinski definition) is 0. The molecule has 0 aromatic carbocycles. The van der Waals surface area contributed by atoms with E-state index in [0.717, 1.165) is 0 Å². The van der Waals surface area contributed by atoms with Crippen LogP contribution in [0.3, 0.4) is 0 Å².